The number of anilines is 1. The quantitative estimate of drug-likeness (QED) is 0.297. The minimum Gasteiger partial charge on any atom is -0.497 e. The molecular formula is C24H24N2O3S2. The Bertz CT molecular complexity index is 1130. The summed E-state index contributed by atoms with van der Waals surface area (Å²) in [5.74, 6) is 2.28. The average Bonchev–Trinajstić information content (AvgIpc) is 3.45. The van der Waals surface area contributed by atoms with Crippen LogP contribution in [-0.4, -0.2) is 23.8 Å². The van der Waals surface area contributed by atoms with Crippen LogP contribution in [-0.2, 0) is 11.3 Å². The molecule has 4 rings (SSSR count). The Morgan fingerprint density at radius 1 is 1.13 bits per heavy atom. The van der Waals surface area contributed by atoms with Gasteiger partial charge in [0.25, 0.3) is 0 Å². The highest BCUT2D eigenvalue weighted by molar-refractivity contribution is 7.99. The zero-order chi connectivity index (χ0) is 21.8. The van der Waals surface area contributed by atoms with Crippen LogP contribution in [0.25, 0.3) is 10.2 Å². The van der Waals surface area contributed by atoms with Gasteiger partial charge in [0.05, 0.1) is 30.1 Å². The molecule has 0 bridgehead atoms. The van der Waals surface area contributed by atoms with Gasteiger partial charge in [-0.2, -0.15) is 0 Å². The minimum atomic E-state index is 0.0340. The van der Waals surface area contributed by atoms with E-state index in [0.29, 0.717) is 23.8 Å². The minimum absolute atomic E-state index is 0.0340. The summed E-state index contributed by atoms with van der Waals surface area (Å²) >= 11 is 3.22. The predicted molar refractivity (Wildman–Crippen MR) is 127 cm³/mol. The first-order valence-electron chi connectivity index (χ1n) is 10.0. The van der Waals surface area contributed by atoms with Gasteiger partial charge >= 0.3 is 0 Å². The number of aryl methyl sites for hydroxylation is 2. The lowest BCUT2D eigenvalue weighted by Gasteiger charge is -2.18. The van der Waals surface area contributed by atoms with E-state index in [1.807, 2.05) is 36.4 Å². The van der Waals surface area contributed by atoms with Gasteiger partial charge in [0.1, 0.15) is 11.5 Å². The number of aromatic nitrogens is 1. The van der Waals surface area contributed by atoms with Gasteiger partial charge in [-0.25, -0.2) is 4.98 Å². The van der Waals surface area contributed by atoms with Gasteiger partial charge in [0.15, 0.2) is 5.13 Å². The highest BCUT2D eigenvalue weighted by Crippen LogP contribution is 2.34. The smallest absolute Gasteiger partial charge is 0.230 e. The van der Waals surface area contributed by atoms with Crippen LogP contribution >= 0.6 is 23.1 Å². The van der Waals surface area contributed by atoms with Gasteiger partial charge < -0.3 is 9.15 Å². The summed E-state index contributed by atoms with van der Waals surface area (Å²) in [4.78, 5) is 20.9. The van der Waals surface area contributed by atoms with Crippen LogP contribution in [0.5, 0.6) is 5.75 Å². The van der Waals surface area contributed by atoms with E-state index in [2.05, 4.69) is 26.0 Å². The number of carbonyl (C=O) groups excluding carboxylic acids is 1. The van der Waals surface area contributed by atoms with Crippen molar-refractivity contribution in [3.8, 4) is 5.75 Å². The molecule has 7 heteroatoms. The first-order valence-corrected chi connectivity index (χ1v) is 11.8. The molecule has 0 atom stereocenters. The Labute approximate surface area is 190 Å². The molecule has 1 amide bonds. The fraction of sp³-hybridized carbons (Fsp3) is 0.250. The standard InChI is InChI=1S/C24H24N2O3S2/c1-16-6-7-17(2)23-22(16)25-24(31-23)26(15-19-5-4-13-29-19)21(27)12-14-30-20-10-8-18(28-3)9-11-20/h4-11,13H,12,14-15H2,1-3H3. The summed E-state index contributed by atoms with van der Waals surface area (Å²) in [7, 11) is 1.65. The summed E-state index contributed by atoms with van der Waals surface area (Å²) in [5.41, 5.74) is 3.25. The number of nitrogens with zero attached hydrogens (tertiary/aromatic N) is 2. The maximum atomic E-state index is 13.2. The average molecular weight is 453 g/mol. The largest absolute Gasteiger partial charge is 0.497 e. The highest BCUT2D eigenvalue weighted by Gasteiger charge is 2.22. The molecule has 0 saturated heterocycles. The van der Waals surface area contributed by atoms with Crippen molar-refractivity contribution in [2.45, 2.75) is 31.7 Å². The van der Waals surface area contributed by atoms with Crippen molar-refractivity contribution < 1.29 is 13.9 Å². The number of rotatable bonds is 8. The van der Waals surface area contributed by atoms with E-state index >= 15 is 0 Å². The summed E-state index contributed by atoms with van der Waals surface area (Å²) in [6, 6.07) is 15.8. The number of thioether (sulfide) groups is 1. The molecule has 0 fully saturated rings. The molecule has 2 heterocycles. The van der Waals surface area contributed by atoms with E-state index in [0.717, 1.165) is 32.2 Å². The van der Waals surface area contributed by atoms with E-state index in [-0.39, 0.29) is 5.91 Å². The summed E-state index contributed by atoms with van der Waals surface area (Å²) in [6.45, 7) is 4.50. The molecule has 0 saturated carbocycles. The van der Waals surface area contributed by atoms with Crippen LogP contribution in [0.4, 0.5) is 5.13 Å². The van der Waals surface area contributed by atoms with Crippen LogP contribution < -0.4 is 9.64 Å². The lowest BCUT2D eigenvalue weighted by atomic mass is 10.1. The molecular weight excluding hydrogens is 428 g/mol. The number of benzene rings is 2. The van der Waals surface area contributed by atoms with E-state index in [9.17, 15) is 4.79 Å². The monoisotopic (exact) mass is 452 g/mol. The first kappa shape index (κ1) is 21.5. The predicted octanol–water partition coefficient (Wildman–Crippen LogP) is 6.23. The molecule has 2 aromatic heterocycles. The lowest BCUT2D eigenvalue weighted by molar-refractivity contribution is -0.118. The number of amides is 1. The molecule has 31 heavy (non-hydrogen) atoms. The topological polar surface area (TPSA) is 55.6 Å². The van der Waals surface area contributed by atoms with Crippen LogP contribution in [0, 0.1) is 13.8 Å². The van der Waals surface area contributed by atoms with Crippen molar-refractivity contribution in [3.63, 3.8) is 0 Å². The van der Waals surface area contributed by atoms with Gasteiger partial charge in [0, 0.05) is 17.1 Å². The third-order valence-corrected chi connectivity index (χ3v) is 7.23. The van der Waals surface area contributed by atoms with Crippen LogP contribution in [0.3, 0.4) is 0 Å². The van der Waals surface area contributed by atoms with Crippen LogP contribution in [0.1, 0.15) is 23.3 Å². The van der Waals surface area contributed by atoms with E-state index in [1.54, 1.807) is 41.4 Å². The molecule has 160 valence electrons. The zero-order valence-corrected chi connectivity index (χ0v) is 19.4. The van der Waals surface area contributed by atoms with Gasteiger partial charge in [-0.1, -0.05) is 23.5 Å². The van der Waals surface area contributed by atoms with Crippen LogP contribution in [0.2, 0.25) is 0 Å². The molecule has 0 N–H and O–H groups in total. The van der Waals surface area contributed by atoms with E-state index in [1.165, 1.54) is 5.56 Å². The molecule has 0 aliphatic rings. The Hall–Kier alpha value is -2.77. The van der Waals surface area contributed by atoms with Crippen molar-refractivity contribution >= 4 is 44.4 Å². The highest BCUT2D eigenvalue weighted by atomic mass is 32.2. The van der Waals surface area contributed by atoms with Gasteiger partial charge in [-0.15, -0.1) is 11.8 Å². The molecule has 0 radical (unpaired) electrons. The second-order valence-corrected chi connectivity index (χ2v) is 9.35. The Kier molecular flexibility index (Phi) is 6.63. The number of ether oxygens (including phenoxy) is 1. The molecule has 0 spiro atoms. The number of methoxy groups -OCH3 is 1. The third-order valence-electron chi connectivity index (χ3n) is 5.00. The first-order chi connectivity index (χ1) is 15.0. The molecule has 0 aliphatic carbocycles. The van der Waals surface area contributed by atoms with Crippen molar-refractivity contribution in [2.75, 3.05) is 17.8 Å². The number of hydrogen-bond acceptors (Lipinski definition) is 6. The second kappa shape index (κ2) is 9.58. The Balaban J connectivity index is 1.52. The SMILES string of the molecule is COc1ccc(SCCC(=O)N(Cc2ccco2)c2nc3c(C)ccc(C)c3s2)cc1. The second-order valence-electron chi connectivity index (χ2n) is 7.21. The number of thiazole rings is 1. The summed E-state index contributed by atoms with van der Waals surface area (Å²) in [5, 5.41) is 0.711. The maximum absolute atomic E-state index is 13.2. The lowest BCUT2D eigenvalue weighted by Crippen LogP contribution is -2.30. The number of hydrogen-bond donors (Lipinski definition) is 0. The van der Waals surface area contributed by atoms with Gasteiger partial charge in [-0.3, -0.25) is 9.69 Å². The van der Waals surface area contributed by atoms with Crippen molar-refractivity contribution in [1.82, 2.24) is 4.98 Å². The molecule has 2 aromatic carbocycles. The molecule has 0 aliphatic heterocycles. The van der Waals surface area contributed by atoms with E-state index in [4.69, 9.17) is 14.1 Å². The van der Waals surface area contributed by atoms with E-state index < -0.39 is 0 Å². The zero-order valence-electron chi connectivity index (χ0n) is 17.8. The number of furan rings is 1. The van der Waals surface area contributed by atoms with Crippen molar-refractivity contribution in [3.05, 3.63) is 71.7 Å². The molecule has 4 aromatic rings. The van der Waals surface area contributed by atoms with Crippen LogP contribution in [0.15, 0.2) is 64.1 Å². The Morgan fingerprint density at radius 2 is 1.90 bits per heavy atom. The summed E-state index contributed by atoms with van der Waals surface area (Å²) in [6.07, 6.45) is 2.04. The number of fused-ring (bicyclic) bond motifs is 1. The number of carbonyl (C=O) groups is 1. The fourth-order valence-corrected chi connectivity index (χ4v) is 5.22. The summed E-state index contributed by atoms with van der Waals surface area (Å²) < 4.78 is 11.8. The van der Waals surface area contributed by atoms with Gasteiger partial charge in [-0.05, 0) is 61.4 Å². The molecule has 0 unspecified atom stereocenters. The van der Waals surface area contributed by atoms with Crippen molar-refractivity contribution in [2.24, 2.45) is 0 Å². The molecule has 5 nitrogen and oxygen atoms in total. The van der Waals surface area contributed by atoms with Crippen molar-refractivity contribution in [1.29, 1.82) is 0 Å². The normalized spacial score (nSPS) is 11.1. The Morgan fingerprint density at radius 3 is 2.58 bits per heavy atom. The van der Waals surface area contributed by atoms with Gasteiger partial charge in [0.2, 0.25) is 5.91 Å². The third kappa shape index (κ3) is 4.94. The maximum Gasteiger partial charge on any atom is 0.230 e. The fourth-order valence-electron chi connectivity index (χ4n) is 3.25.